The van der Waals surface area contributed by atoms with Crippen LogP contribution in [0.2, 0.25) is 0 Å². The van der Waals surface area contributed by atoms with Gasteiger partial charge in [0.05, 0.1) is 5.60 Å². The van der Waals surface area contributed by atoms with Crippen molar-refractivity contribution in [1.82, 2.24) is 5.32 Å². The largest absolute Gasteiger partial charge is 0.377 e. The van der Waals surface area contributed by atoms with Crippen LogP contribution in [0.25, 0.3) is 0 Å². The van der Waals surface area contributed by atoms with E-state index in [4.69, 9.17) is 4.74 Å². The fourth-order valence-corrected chi connectivity index (χ4v) is 0.562. The van der Waals surface area contributed by atoms with E-state index in [0.29, 0.717) is 6.04 Å². The van der Waals surface area contributed by atoms with Crippen LogP contribution in [0.5, 0.6) is 0 Å². The lowest BCUT2D eigenvalue weighted by Crippen LogP contribution is -2.40. The molecule has 0 bridgehead atoms. The monoisotopic (exact) mass is 157 g/mol. The predicted molar refractivity (Wildman–Crippen MR) is 48.7 cm³/mol. The number of ether oxygens (including phenoxy) is 1. The van der Waals surface area contributed by atoms with Crippen molar-refractivity contribution in [3.05, 3.63) is 12.7 Å². The highest BCUT2D eigenvalue weighted by molar-refractivity contribution is 4.84. The Balaban J connectivity index is 3.60. The second-order valence-corrected chi connectivity index (χ2v) is 3.37. The van der Waals surface area contributed by atoms with E-state index >= 15 is 0 Å². The van der Waals surface area contributed by atoms with Gasteiger partial charge < -0.3 is 10.1 Å². The van der Waals surface area contributed by atoms with Crippen molar-refractivity contribution in [2.45, 2.75) is 32.4 Å². The first-order valence-corrected chi connectivity index (χ1v) is 3.93. The van der Waals surface area contributed by atoms with E-state index in [1.807, 2.05) is 6.08 Å². The van der Waals surface area contributed by atoms with Crippen LogP contribution in [0.1, 0.15) is 20.8 Å². The summed E-state index contributed by atoms with van der Waals surface area (Å²) in [5.41, 5.74) is -0.0860. The Labute approximate surface area is 69.6 Å². The highest BCUT2D eigenvalue weighted by atomic mass is 16.5. The molecule has 0 saturated carbocycles. The van der Waals surface area contributed by atoms with Crippen LogP contribution in [0.4, 0.5) is 0 Å². The fraction of sp³-hybridized carbons (Fsp3) is 0.778. The van der Waals surface area contributed by atoms with Crippen molar-refractivity contribution in [2.24, 2.45) is 0 Å². The van der Waals surface area contributed by atoms with Crippen molar-refractivity contribution in [1.29, 1.82) is 0 Å². The van der Waals surface area contributed by atoms with Crippen LogP contribution in [0.3, 0.4) is 0 Å². The van der Waals surface area contributed by atoms with Crippen molar-refractivity contribution >= 4 is 0 Å². The van der Waals surface area contributed by atoms with Crippen molar-refractivity contribution in [2.75, 3.05) is 13.7 Å². The molecule has 0 aromatic rings. The van der Waals surface area contributed by atoms with Crippen LogP contribution < -0.4 is 5.32 Å². The molecule has 2 heteroatoms. The van der Waals surface area contributed by atoms with Gasteiger partial charge >= 0.3 is 0 Å². The Bertz CT molecular complexity index is 121. The molecule has 11 heavy (non-hydrogen) atoms. The molecule has 0 rings (SSSR count). The Morgan fingerprint density at radius 1 is 1.64 bits per heavy atom. The lowest BCUT2D eigenvalue weighted by molar-refractivity contribution is 0.0224. The minimum absolute atomic E-state index is 0.0860. The maximum Gasteiger partial charge on any atom is 0.0746 e. The first-order valence-electron chi connectivity index (χ1n) is 3.93. The van der Waals surface area contributed by atoms with Gasteiger partial charge in [-0.25, -0.2) is 0 Å². The average molecular weight is 157 g/mol. The number of hydrogen-bond donors (Lipinski definition) is 1. The first kappa shape index (κ1) is 10.7. The molecule has 0 amide bonds. The summed E-state index contributed by atoms with van der Waals surface area (Å²) in [4.78, 5) is 0. The van der Waals surface area contributed by atoms with Gasteiger partial charge in [-0.3, -0.25) is 0 Å². The topological polar surface area (TPSA) is 21.3 Å². The lowest BCUT2D eigenvalue weighted by atomic mass is 10.1. The Kier molecular flexibility index (Phi) is 4.38. The molecule has 0 fully saturated rings. The molecule has 0 aromatic carbocycles. The van der Waals surface area contributed by atoms with Gasteiger partial charge in [0.1, 0.15) is 0 Å². The molecule has 0 radical (unpaired) electrons. The standard InChI is InChI=1S/C9H19NO/c1-6-8(2)10-7-9(3,4)11-5/h6,8,10H,1,7H2,2-5H3. The zero-order valence-electron chi connectivity index (χ0n) is 7.98. The zero-order chi connectivity index (χ0) is 8.91. The van der Waals surface area contributed by atoms with Gasteiger partial charge in [-0.15, -0.1) is 6.58 Å². The predicted octanol–water partition coefficient (Wildman–Crippen LogP) is 1.58. The molecule has 66 valence electrons. The van der Waals surface area contributed by atoms with Crippen LogP contribution in [0, 0.1) is 0 Å². The molecule has 0 aromatic heterocycles. The third-order valence-electron chi connectivity index (χ3n) is 1.76. The molecule has 0 aliphatic heterocycles. The summed E-state index contributed by atoms with van der Waals surface area (Å²) < 4.78 is 5.24. The maximum absolute atomic E-state index is 5.24. The van der Waals surface area contributed by atoms with E-state index in [1.54, 1.807) is 7.11 Å². The van der Waals surface area contributed by atoms with Gasteiger partial charge in [0, 0.05) is 19.7 Å². The van der Waals surface area contributed by atoms with Gasteiger partial charge in [0.15, 0.2) is 0 Å². The second kappa shape index (κ2) is 4.52. The Morgan fingerprint density at radius 3 is 2.55 bits per heavy atom. The molecular weight excluding hydrogens is 138 g/mol. The highest BCUT2D eigenvalue weighted by Gasteiger charge is 2.15. The van der Waals surface area contributed by atoms with Crippen molar-refractivity contribution in [3.8, 4) is 0 Å². The van der Waals surface area contributed by atoms with E-state index in [2.05, 4.69) is 32.7 Å². The molecule has 0 spiro atoms. The minimum atomic E-state index is -0.0860. The molecule has 2 nitrogen and oxygen atoms in total. The summed E-state index contributed by atoms with van der Waals surface area (Å²) in [7, 11) is 1.72. The average Bonchev–Trinajstić information content (AvgIpc) is 2.00. The molecule has 0 saturated heterocycles. The van der Waals surface area contributed by atoms with Gasteiger partial charge in [-0.05, 0) is 20.8 Å². The summed E-state index contributed by atoms with van der Waals surface area (Å²) in [6, 6.07) is 0.351. The first-order chi connectivity index (χ1) is 5.02. The quantitative estimate of drug-likeness (QED) is 0.612. The van der Waals surface area contributed by atoms with Crippen LogP contribution >= 0.6 is 0 Å². The van der Waals surface area contributed by atoms with Crippen LogP contribution in [-0.2, 0) is 4.74 Å². The normalized spacial score (nSPS) is 14.5. The van der Waals surface area contributed by atoms with E-state index in [-0.39, 0.29) is 5.60 Å². The second-order valence-electron chi connectivity index (χ2n) is 3.37. The van der Waals surface area contributed by atoms with Gasteiger partial charge in [0.25, 0.3) is 0 Å². The summed E-state index contributed by atoms with van der Waals surface area (Å²) in [5.74, 6) is 0. The zero-order valence-corrected chi connectivity index (χ0v) is 7.98. The number of methoxy groups -OCH3 is 1. The minimum Gasteiger partial charge on any atom is -0.377 e. The summed E-state index contributed by atoms with van der Waals surface area (Å²) in [6.45, 7) is 10.7. The lowest BCUT2D eigenvalue weighted by Gasteiger charge is -2.24. The summed E-state index contributed by atoms with van der Waals surface area (Å²) in [5, 5.41) is 3.28. The maximum atomic E-state index is 5.24. The van der Waals surface area contributed by atoms with E-state index in [1.165, 1.54) is 0 Å². The third-order valence-corrected chi connectivity index (χ3v) is 1.76. The van der Waals surface area contributed by atoms with Crippen LogP contribution in [0.15, 0.2) is 12.7 Å². The summed E-state index contributed by atoms with van der Waals surface area (Å²) >= 11 is 0. The van der Waals surface area contributed by atoms with Crippen molar-refractivity contribution in [3.63, 3.8) is 0 Å². The molecule has 1 N–H and O–H groups in total. The molecule has 1 atom stereocenters. The molecule has 1 unspecified atom stereocenters. The molecule has 0 heterocycles. The molecule has 0 aliphatic carbocycles. The SMILES string of the molecule is C=CC(C)NCC(C)(C)OC. The van der Waals surface area contributed by atoms with Gasteiger partial charge in [-0.1, -0.05) is 6.08 Å². The summed E-state index contributed by atoms with van der Waals surface area (Å²) in [6.07, 6.45) is 1.88. The van der Waals surface area contributed by atoms with E-state index in [0.717, 1.165) is 6.54 Å². The Hall–Kier alpha value is -0.340. The number of rotatable bonds is 5. The van der Waals surface area contributed by atoms with Crippen LogP contribution in [-0.4, -0.2) is 25.3 Å². The van der Waals surface area contributed by atoms with Gasteiger partial charge in [-0.2, -0.15) is 0 Å². The smallest absolute Gasteiger partial charge is 0.0746 e. The molecular formula is C9H19NO. The Morgan fingerprint density at radius 2 is 2.18 bits per heavy atom. The highest BCUT2D eigenvalue weighted by Crippen LogP contribution is 2.04. The fourth-order valence-electron chi connectivity index (χ4n) is 0.562. The van der Waals surface area contributed by atoms with E-state index in [9.17, 15) is 0 Å². The van der Waals surface area contributed by atoms with Gasteiger partial charge in [0.2, 0.25) is 0 Å². The third kappa shape index (κ3) is 4.99. The molecule has 0 aliphatic rings. The van der Waals surface area contributed by atoms with Crippen molar-refractivity contribution < 1.29 is 4.74 Å². The van der Waals surface area contributed by atoms with E-state index < -0.39 is 0 Å². The number of hydrogen-bond acceptors (Lipinski definition) is 2. The number of nitrogens with one attached hydrogen (secondary N) is 1.